The number of unbranched alkanes of at least 4 members (excludes halogenated alkanes) is 24. The number of esters is 3. The molecule has 11 nitrogen and oxygen atoms in total. The van der Waals surface area contributed by atoms with E-state index in [4.69, 9.17) is 23.3 Å². The first-order chi connectivity index (χ1) is 38.2. The minimum atomic E-state index is -4.77. The summed E-state index contributed by atoms with van der Waals surface area (Å²) in [6.45, 7) is 4.45. The summed E-state index contributed by atoms with van der Waals surface area (Å²) in [6, 6.07) is 0. The van der Waals surface area contributed by atoms with Gasteiger partial charge in [0.1, 0.15) is 12.7 Å². The van der Waals surface area contributed by atoms with E-state index < -0.39 is 57.8 Å². The van der Waals surface area contributed by atoms with Crippen molar-refractivity contribution in [3.05, 3.63) is 97.2 Å². The van der Waals surface area contributed by atoms with Crippen LogP contribution in [0.1, 0.15) is 265 Å². The van der Waals surface area contributed by atoms with Crippen LogP contribution in [0.15, 0.2) is 97.2 Å². The fraction of sp³-hybridized carbons (Fsp3) is 0.712. The van der Waals surface area contributed by atoms with Crippen molar-refractivity contribution in [3.63, 3.8) is 0 Å². The maximum absolute atomic E-state index is 12.9. The van der Waals surface area contributed by atoms with Gasteiger partial charge < -0.3 is 24.2 Å². The predicted molar refractivity (Wildman–Crippen MR) is 325 cm³/mol. The van der Waals surface area contributed by atoms with Crippen LogP contribution in [0.5, 0.6) is 0 Å². The predicted octanol–water partition coefficient (Wildman–Crippen LogP) is 18.8. The lowest BCUT2D eigenvalue weighted by Gasteiger charge is -2.21. The molecule has 0 aliphatic rings. The van der Waals surface area contributed by atoms with Gasteiger partial charge in [-0.2, -0.15) is 0 Å². The van der Waals surface area contributed by atoms with E-state index in [0.717, 1.165) is 128 Å². The molecule has 0 radical (unpaired) electrons. The van der Waals surface area contributed by atoms with Crippen LogP contribution in [0, 0.1) is 0 Å². The maximum Gasteiger partial charge on any atom is 0.472 e. The Balaban J connectivity index is 4.75. The number of allylic oxidation sites excluding steroid dienone is 16. The van der Waals surface area contributed by atoms with E-state index in [0.29, 0.717) is 19.3 Å². The average Bonchev–Trinajstić information content (AvgIpc) is 3.43. The number of ether oxygens (including phenoxy) is 3. The second-order valence-electron chi connectivity index (χ2n) is 20.5. The molecule has 0 spiro atoms. The number of hydrogen-bond acceptors (Lipinski definition) is 10. The quantitative estimate of drug-likeness (QED) is 0.0197. The Morgan fingerprint density at radius 3 is 1.03 bits per heavy atom. The SMILES string of the molecule is CC/C=C\C/C=C\C/C=C\C/C=C\CCCCCCC(=O)OC(CO)COP(=O)(O)OCC(COC(=O)CCCCCCC/C=C\C/C=C\CCCCC)OC(=O)CCCCCCCCCCC/C=C\C/C=C\CCCCC. The highest BCUT2D eigenvalue weighted by atomic mass is 31.2. The van der Waals surface area contributed by atoms with Gasteiger partial charge in [0, 0.05) is 19.3 Å². The Bertz CT molecular complexity index is 1680. The minimum Gasteiger partial charge on any atom is -0.462 e. The van der Waals surface area contributed by atoms with Crippen molar-refractivity contribution in [1.82, 2.24) is 0 Å². The highest BCUT2D eigenvalue weighted by Gasteiger charge is 2.28. The van der Waals surface area contributed by atoms with Gasteiger partial charge in [0.25, 0.3) is 0 Å². The lowest BCUT2D eigenvalue weighted by Crippen LogP contribution is -2.30. The van der Waals surface area contributed by atoms with Crippen LogP contribution in [-0.2, 0) is 42.2 Å². The summed E-state index contributed by atoms with van der Waals surface area (Å²) < 4.78 is 39.6. The Kier molecular flexibility index (Phi) is 56.8. The van der Waals surface area contributed by atoms with Crippen molar-refractivity contribution >= 4 is 25.7 Å². The van der Waals surface area contributed by atoms with Gasteiger partial charge in [-0.1, -0.05) is 221 Å². The van der Waals surface area contributed by atoms with Crippen LogP contribution in [0.3, 0.4) is 0 Å². The van der Waals surface area contributed by atoms with Gasteiger partial charge >= 0.3 is 25.7 Å². The van der Waals surface area contributed by atoms with E-state index in [9.17, 15) is 28.9 Å². The molecule has 0 rings (SSSR count). The van der Waals surface area contributed by atoms with Gasteiger partial charge in [-0.25, -0.2) is 4.57 Å². The molecule has 3 atom stereocenters. The van der Waals surface area contributed by atoms with Crippen LogP contribution >= 0.6 is 7.82 Å². The Labute approximate surface area is 476 Å². The third kappa shape index (κ3) is 57.1. The van der Waals surface area contributed by atoms with Crippen LogP contribution < -0.4 is 0 Å². The first-order valence-electron chi connectivity index (χ1n) is 31.1. The van der Waals surface area contributed by atoms with Gasteiger partial charge in [-0.05, 0) is 122 Å². The van der Waals surface area contributed by atoms with Gasteiger partial charge in [0.05, 0.1) is 19.8 Å². The summed E-state index contributed by atoms with van der Waals surface area (Å²) in [5.74, 6) is -1.51. The van der Waals surface area contributed by atoms with Crippen molar-refractivity contribution in [2.75, 3.05) is 26.4 Å². The smallest absolute Gasteiger partial charge is 0.462 e. The summed E-state index contributed by atoms with van der Waals surface area (Å²) in [7, 11) is -4.77. The van der Waals surface area contributed by atoms with Gasteiger partial charge in [0.2, 0.25) is 0 Å². The molecule has 78 heavy (non-hydrogen) atoms. The van der Waals surface area contributed by atoms with Gasteiger partial charge in [0.15, 0.2) is 6.10 Å². The number of hydrogen-bond donors (Lipinski definition) is 2. The zero-order valence-corrected chi connectivity index (χ0v) is 50.5. The van der Waals surface area contributed by atoms with E-state index in [1.54, 1.807) is 0 Å². The number of aliphatic hydroxyl groups excluding tert-OH is 1. The standard InChI is InChI=1S/C66H113O11P/c1-4-7-10-13-16-19-22-25-28-30-31-33-36-39-42-45-48-51-54-57-66(70)77-63(59-73-64(68)55-52-49-46-43-40-37-34-27-24-21-18-15-12-9-6-3)61-75-78(71,72)74-60-62(58-67)76-65(69)56-53-50-47-44-41-38-35-32-29-26-23-20-17-14-11-8-5-2/h8,11,16-21,25-29,34-35,38,62-63,67H,4-7,9-10,12-15,22-24,30-33,36-37,39-61H2,1-3H3,(H,71,72)/b11-8-,19-16-,20-17-,21-18-,28-25-,29-26-,34-27-,38-35-. The molecule has 0 aliphatic carbocycles. The van der Waals surface area contributed by atoms with Crippen LogP contribution in [-0.4, -0.2) is 66.5 Å². The molecule has 0 aromatic rings. The van der Waals surface area contributed by atoms with Crippen LogP contribution in [0.25, 0.3) is 0 Å². The molecule has 3 unspecified atom stereocenters. The zero-order valence-electron chi connectivity index (χ0n) is 49.6. The normalized spacial score (nSPS) is 14.0. The van der Waals surface area contributed by atoms with Crippen LogP contribution in [0.2, 0.25) is 0 Å². The minimum absolute atomic E-state index is 0.144. The summed E-state index contributed by atoms with van der Waals surface area (Å²) >= 11 is 0. The molecule has 0 saturated heterocycles. The molecule has 448 valence electrons. The first kappa shape index (κ1) is 74.4. The van der Waals surface area contributed by atoms with E-state index >= 15 is 0 Å². The largest absolute Gasteiger partial charge is 0.472 e. The third-order valence-electron chi connectivity index (χ3n) is 13.0. The maximum atomic E-state index is 12.9. The van der Waals surface area contributed by atoms with Crippen molar-refractivity contribution in [2.24, 2.45) is 0 Å². The van der Waals surface area contributed by atoms with Crippen molar-refractivity contribution in [1.29, 1.82) is 0 Å². The van der Waals surface area contributed by atoms with E-state index in [1.807, 2.05) is 0 Å². The summed E-state index contributed by atoms with van der Waals surface area (Å²) in [5.41, 5.74) is 0. The van der Waals surface area contributed by atoms with Crippen LogP contribution in [0.4, 0.5) is 0 Å². The van der Waals surface area contributed by atoms with Crippen molar-refractivity contribution in [2.45, 2.75) is 277 Å². The number of phosphoric ester groups is 1. The highest BCUT2D eigenvalue weighted by molar-refractivity contribution is 7.47. The fourth-order valence-corrected chi connectivity index (χ4v) is 9.01. The monoisotopic (exact) mass is 1110 g/mol. The molecule has 0 aromatic carbocycles. The van der Waals surface area contributed by atoms with E-state index in [1.165, 1.54) is 77.0 Å². The molecule has 0 fully saturated rings. The number of rotatable bonds is 57. The van der Waals surface area contributed by atoms with Crippen molar-refractivity contribution < 1.29 is 52.2 Å². The summed E-state index contributed by atoms with van der Waals surface area (Å²) in [5, 5.41) is 9.84. The van der Waals surface area contributed by atoms with Gasteiger partial charge in [-0.15, -0.1) is 0 Å². The lowest BCUT2D eigenvalue weighted by molar-refractivity contribution is -0.161. The molecule has 12 heteroatoms. The zero-order chi connectivity index (χ0) is 56.9. The topological polar surface area (TPSA) is 155 Å². The number of phosphoric acid groups is 1. The molecule has 0 amide bonds. The summed E-state index contributed by atoms with van der Waals surface area (Å²) in [4.78, 5) is 48.7. The van der Waals surface area contributed by atoms with Gasteiger partial charge in [-0.3, -0.25) is 23.4 Å². The molecular weight excluding hydrogens is 1000 g/mol. The second-order valence-corrected chi connectivity index (χ2v) is 21.9. The fourth-order valence-electron chi connectivity index (χ4n) is 8.23. The first-order valence-corrected chi connectivity index (χ1v) is 32.6. The Hall–Kier alpha value is -3.60. The molecular formula is C66H113O11P. The molecule has 0 aliphatic heterocycles. The van der Waals surface area contributed by atoms with Crippen molar-refractivity contribution in [3.8, 4) is 0 Å². The lowest BCUT2D eigenvalue weighted by atomic mass is 10.1. The van der Waals surface area contributed by atoms with E-state index in [2.05, 4.69) is 118 Å². The molecule has 0 saturated carbocycles. The number of carbonyl (C=O) groups is 3. The molecule has 2 N–H and O–H groups in total. The number of carbonyl (C=O) groups excluding carboxylic acids is 3. The second kappa shape index (κ2) is 59.5. The Morgan fingerprint density at radius 1 is 0.372 bits per heavy atom. The summed E-state index contributed by atoms with van der Waals surface area (Å²) in [6.07, 6.45) is 70.7. The average molecular weight is 1110 g/mol. The molecule has 0 aromatic heterocycles. The number of aliphatic hydroxyl groups is 1. The van der Waals surface area contributed by atoms with E-state index in [-0.39, 0.29) is 25.9 Å². The third-order valence-corrected chi connectivity index (χ3v) is 13.9. The molecule has 0 heterocycles. The molecule has 0 bridgehead atoms. The Morgan fingerprint density at radius 2 is 0.667 bits per heavy atom. The highest BCUT2D eigenvalue weighted by Crippen LogP contribution is 2.43.